The number of nitrogens with zero attached hydrogens (tertiary/aromatic N) is 1. The lowest BCUT2D eigenvalue weighted by Gasteiger charge is -2.31. The summed E-state index contributed by atoms with van der Waals surface area (Å²) >= 11 is 0. The molecule has 1 aliphatic carbocycles. The zero-order chi connectivity index (χ0) is 14.5. The van der Waals surface area contributed by atoms with Gasteiger partial charge in [0.25, 0.3) is 0 Å². The minimum atomic E-state index is 0.0365. The number of anilines is 2. The Bertz CT molecular complexity index is 469. The number of nitrogens with one attached hydrogen (secondary N) is 1. The average Bonchev–Trinajstić information content (AvgIpc) is 2.36. The van der Waals surface area contributed by atoms with Crippen LogP contribution in [0.2, 0.25) is 0 Å². The summed E-state index contributed by atoms with van der Waals surface area (Å²) in [5, 5.41) is 2.92. The van der Waals surface area contributed by atoms with Gasteiger partial charge in [0.2, 0.25) is 5.91 Å². The van der Waals surface area contributed by atoms with Gasteiger partial charge in [-0.2, -0.15) is 0 Å². The van der Waals surface area contributed by atoms with Crippen LogP contribution in [0.3, 0.4) is 0 Å². The number of hydrogen-bond acceptors (Lipinski definition) is 3. The summed E-state index contributed by atoms with van der Waals surface area (Å²) in [5.41, 5.74) is 8.37. The predicted molar refractivity (Wildman–Crippen MR) is 83.7 cm³/mol. The maximum atomic E-state index is 12.1. The van der Waals surface area contributed by atoms with Gasteiger partial charge in [0.05, 0.1) is 6.54 Å². The molecule has 0 saturated heterocycles. The number of nitrogens with two attached hydrogens (primary N) is 1. The Morgan fingerprint density at radius 2 is 2.20 bits per heavy atom. The summed E-state index contributed by atoms with van der Waals surface area (Å²) in [4.78, 5) is 14.3. The smallest absolute Gasteiger partial charge is 0.238 e. The van der Waals surface area contributed by atoms with Crippen LogP contribution in [0, 0.1) is 12.8 Å². The van der Waals surface area contributed by atoms with Crippen molar-refractivity contribution >= 4 is 17.3 Å². The van der Waals surface area contributed by atoms with E-state index in [0.29, 0.717) is 12.2 Å². The number of amides is 1. The Morgan fingerprint density at radius 1 is 1.45 bits per heavy atom. The highest BCUT2D eigenvalue weighted by Gasteiger charge is 2.21. The van der Waals surface area contributed by atoms with Crippen LogP contribution in [0.5, 0.6) is 0 Å². The maximum Gasteiger partial charge on any atom is 0.238 e. The average molecular weight is 275 g/mol. The second-order valence-corrected chi connectivity index (χ2v) is 5.74. The van der Waals surface area contributed by atoms with Crippen LogP contribution < -0.4 is 11.1 Å². The molecule has 1 aliphatic rings. The normalized spacial score (nSPS) is 15.2. The molecular weight excluding hydrogens is 250 g/mol. The Morgan fingerprint density at radius 3 is 2.75 bits per heavy atom. The topological polar surface area (TPSA) is 58.4 Å². The van der Waals surface area contributed by atoms with Gasteiger partial charge in [-0.25, -0.2) is 0 Å². The molecule has 0 aliphatic heterocycles. The number of carbonyl (C=O) groups is 1. The van der Waals surface area contributed by atoms with E-state index in [9.17, 15) is 4.79 Å². The van der Waals surface area contributed by atoms with Crippen molar-refractivity contribution in [2.75, 3.05) is 30.7 Å². The fraction of sp³-hybridized carbons (Fsp3) is 0.562. The standard InChI is InChI=1S/C16H25N3O/c1-3-19(10-13-5-4-6-13)11-16(20)18-14-8-7-12(2)15(17)9-14/h7-9,13H,3-6,10-11,17H2,1-2H3,(H,18,20). The molecule has 0 aromatic heterocycles. The van der Waals surface area contributed by atoms with E-state index in [2.05, 4.69) is 17.1 Å². The van der Waals surface area contributed by atoms with Gasteiger partial charge >= 0.3 is 0 Å². The van der Waals surface area contributed by atoms with Crippen molar-refractivity contribution in [1.29, 1.82) is 0 Å². The highest BCUT2D eigenvalue weighted by atomic mass is 16.2. The predicted octanol–water partition coefficient (Wildman–Crippen LogP) is 2.64. The van der Waals surface area contributed by atoms with Gasteiger partial charge in [0.15, 0.2) is 0 Å². The summed E-state index contributed by atoms with van der Waals surface area (Å²) < 4.78 is 0. The number of rotatable bonds is 6. The van der Waals surface area contributed by atoms with E-state index < -0.39 is 0 Å². The van der Waals surface area contributed by atoms with Gasteiger partial charge in [-0.05, 0) is 49.9 Å². The molecule has 1 amide bonds. The summed E-state index contributed by atoms with van der Waals surface area (Å²) in [6, 6.07) is 5.64. The molecule has 0 atom stereocenters. The van der Waals surface area contributed by atoms with Crippen molar-refractivity contribution in [3.05, 3.63) is 23.8 Å². The summed E-state index contributed by atoms with van der Waals surface area (Å²) in [6.45, 7) is 6.48. The lowest BCUT2D eigenvalue weighted by atomic mass is 9.85. The molecule has 1 aromatic carbocycles. The number of benzene rings is 1. The summed E-state index contributed by atoms with van der Waals surface area (Å²) in [7, 11) is 0. The van der Waals surface area contributed by atoms with Crippen LogP contribution in [0.1, 0.15) is 31.7 Å². The van der Waals surface area contributed by atoms with Crippen LogP contribution in [-0.4, -0.2) is 30.4 Å². The second-order valence-electron chi connectivity index (χ2n) is 5.74. The zero-order valence-corrected chi connectivity index (χ0v) is 12.5. The Kier molecular flexibility index (Phi) is 5.01. The van der Waals surface area contributed by atoms with Crippen molar-refractivity contribution in [3.63, 3.8) is 0 Å². The Balaban J connectivity index is 1.84. The number of nitrogen functional groups attached to an aromatic ring is 1. The fourth-order valence-corrected chi connectivity index (χ4v) is 2.47. The minimum Gasteiger partial charge on any atom is -0.398 e. The van der Waals surface area contributed by atoms with E-state index in [-0.39, 0.29) is 5.91 Å². The number of hydrogen-bond donors (Lipinski definition) is 2. The van der Waals surface area contributed by atoms with Gasteiger partial charge in [-0.15, -0.1) is 0 Å². The number of carbonyl (C=O) groups excluding carboxylic acids is 1. The van der Waals surface area contributed by atoms with Crippen LogP contribution in [0.25, 0.3) is 0 Å². The maximum absolute atomic E-state index is 12.1. The van der Waals surface area contributed by atoms with Crippen molar-refractivity contribution in [2.24, 2.45) is 5.92 Å². The van der Waals surface area contributed by atoms with Gasteiger partial charge in [-0.3, -0.25) is 9.69 Å². The lowest BCUT2D eigenvalue weighted by molar-refractivity contribution is -0.117. The number of likely N-dealkylation sites (N-methyl/N-ethyl adjacent to an activating group) is 1. The molecule has 2 rings (SSSR count). The van der Waals surface area contributed by atoms with Gasteiger partial charge in [0, 0.05) is 17.9 Å². The van der Waals surface area contributed by atoms with E-state index in [1.165, 1.54) is 19.3 Å². The SMILES string of the molecule is CCN(CC(=O)Nc1ccc(C)c(N)c1)CC1CCC1. The molecule has 110 valence electrons. The fourth-order valence-electron chi connectivity index (χ4n) is 2.47. The van der Waals surface area contributed by atoms with E-state index in [1.807, 2.05) is 25.1 Å². The van der Waals surface area contributed by atoms with Crippen LogP contribution in [-0.2, 0) is 4.79 Å². The Labute approximate surface area is 121 Å². The number of aryl methyl sites for hydroxylation is 1. The van der Waals surface area contributed by atoms with Crippen molar-refractivity contribution in [3.8, 4) is 0 Å². The molecule has 4 heteroatoms. The van der Waals surface area contributed by atoms with Gasteiger partial charge in [-0.1, -0.05) is 19.4 Å². The third kappa shape index (κ3) is 3.97. The van der Waals surface area contributed by atoms with Gasteiger partial charge in [0.1, 0.15) is 0 Å². The lowest BCUT2D eigenvalue weighted by Crippen LogP contribution is -2.38. The van der Waals surface area contributed by atoms with Crippen molar-refractivity contribution in [2.45, 2.75) is 33.1 Å². The first-order chi connectivity index (χ1) is 9.58. The zero-order valence-electron chi connectivity index (χ0n) is 12.5. The molecular formula is C16H25N3O. The first-order valence-electron chi connectivity index (χ1n) is 7.46. The third-order valence-electron chi connectivity index (χ3n) is 4.12. The van der Waals surface area contributed by atoms with Crippen molar-refractivity contribution in [1.82, 2.24) is 4.90 Å². The van der Waals surface area contributed by atoms with Crippen LogP contribution in [0.15, 0.2) is 18.2 Å². The van der Waals surface area contributed by atoms with Crippen LogP contribution in [0.4, 0.5) is 11.4 Å². The molecule has 0 heterocycles. The molecule has 20 heavy (non-hydrogen) atoms. The largest absolute Gasteiger partial charge is 0.398 e. The second kappa shape index (κ2) is 6.75. The van der Waals surface area contributed by atoms with E-state index >= 15 is 0 Å². The molecule has 1 saturated carbocycles. The summed E-state index contributed by atoms with van der Waals surface area (Å²) in [5.74, 6) is 0.826. The quantitative estimate of drug-likeness (QED) is 0.785. The highest BCUT2D eigenvalue weighted by Crippen LogP contribution is 2.27. The molecule has 4 nitrogen and oxygen atoms in total. The molecule has 0 bridgehead atoms. The molecule has 0 unspecified atom stereocenters. The minimum absolute atomic E-state index is 0.0365. The van der Waals surface area contributed by atoms with Gasteiger partial charge < -0.3 is 11.1 Å². The first kappa shape index (κ1) is 14.9. The molecule has 0 spiro atoms. The molecule has 3 N–H and O–H groups in total. The Hall–Kier alpha value is -1.55. The molecule has 1 aromatic rings. The van der Waals surface area contributed by atoms with Crippen molar-refractivity contribution < 1.29 is 4.79 Å². The van der Waals surface area contributed by atoms with E-state index in [1.54, 1.807) is 0 Å². The molecule has 1 fully saturated rings. The summed E-state index contributed by atoms with van der Waals surface area (Å²) in [6.07, 6.45) is 3.97. The van der Waals surface area contributed by atoms with E-state index in [0.717, 1.165) is 30.3 Å². The third-order valence-corrected chi connectivity index (χ3v) is 4.12. The first-order valence-corrected chi connectivity index (χ1v) is 7.46. The monoisotopic (exact) mass is 275 g/mol. The molecule has 0 radical (unpaired) electrons. The van der Waals surface area contributed by atoms with E-state index in [4.69, 9.17) is 5.73 Å². The highest BCUT2D eigenvalue weighted by molar-refractivity contribution is 5.92. The van der Waals surface area contributed by atoms with Crippen LogP contribution >= 0.6 is 0 Å².